The van der Waals surface area contributed by atoms with Gasteiger partial charge in [0.05, 0.1) is 0 Å². The van der Waals surface area contributed by atoms with E-state index in [2.05, 4.69) is 0 Å². The van der Waals surface area contributed by atoms with Crippen molar-refractivity contribution in [3.63, 3.8) is 0 Å². The van der Waals surface area contributed by atoms with Gasteiger partial charge in [-0.1, -0.05) is 66.7 Å². The molecule has 0 unspecified atom stereocenters. The lowest BCUT2D eigenvalue weighted by molar-refractivity contribution is 0.415. The van der Waals surface area contributed by atoms with E-state index in [0.717, 1.165) is 18.2 Å². The van der Waals surface area contributed by atoms with Crippen molar-refractivity contribution in [2.45, 2.75) is 71.0 Å². The molecule has 102 heavy (non-hydrogen) atoms. The monoisotopic (exact) mass is 1360 g/mol. The van der Waals surface area contributed by atoms with Gasteiger partial charge in [-0.2, -0.15) is 0 Å². The predicted octanol–water partition coefficient (Wildman–Crippen LogP) is 14.9. The number of hydrogen-bond donors (Lipinski definition) is 18. The van der Waals surface area contributed by atoms with Crippen LogP contribution in [0.4, 0.5) is 0 Å². The molecule has 5 aliphatic carbocycles. The minimum atomic E-state index is -1.47. The third-order valence-corrected chi connectivity index (χ3v) is 22.4. The highest BCUT2D eigenvalue weighted by molar-refractivity contribution is 5.77. The Balaban J connectivity index is 0.953. The minimum Gasteiger partial charge on any atom is -0.508 e. The molecule has 0 aromatic heterocycles. The van der Waals surface area contributed by atoms with Crippen LogP contribution < -0.4 is 0 Å². The van der Waals surface area contributed by atoms with Gasteiger partial charge >= 0.3 is 0 Å². The molecule has 0 amide bonds. The minimum absolute atomic E-state index is 0.0459. The second-order valence-corrected chi connectivity index (χ2v) is 27.7. The first-order chi connectivity index (χ1) is 49.0. The fraction of sp³-hybridized carbons (Fsp3) is 0.143. The molecule has 18 nitrogen and oxygen atoms in total. The number of phenolic OH excluding ortho intramolecular Hbond substituents is 18. The van der Waals surface area contributed by atoms with Gasteiger partial charge in [0, 0.05) is 140 Å². The van der Waals surface area contributed by atoms with Crippen molar-refractivity contribution in [1.82, 2.24) is 0 Å². The highest BCUT2D eigenvalue weighted by Gasteiger charge is 2.59. The lowest BCUT2D eigenvalue weighted by atomic mass is 9.66. The zero-order chi connectivity index (χ0) is 70.9. The lowest BCUT2D eigenvalue weighted by Crippen LogP contribution is -2.22. The number of hydrogen-bond acceptors (Lipinski definition) is 18. The van der Waals surface area contributed by atoms with Gasteiger partial charge in [-0.05, 0) is 182 Å². The predicted molar refractivity (Wildman–Crippen MR) is 373 cm³/mol. The van der Waals surface area contributed by atoms with Crippen molar-refractivity contribution in [1.29, 1.82) is 0 Å². The molecule has 18 N–H and O–H groups in total. The molecule has 508 valence electrons. The second kappa shape index (κ2) is 22.8. The van der Waals surface area contributed by atoms with Gasteiger partial charge in [-0.15, -0.1) is 0 Å². The van der Waals surface area contributed by atoms with Crippen molar-refractivity contribution in [2.75, 3.05) is 0 Å². The smallest absolute Gasteiger partial charge is 0.123 e. The Bertz CT molecular complexity index is 5420. The molecule has 0 saturated heterocycles. The maximum absolute atomic E-state index is 13.7. The summed E-state index contributed by atoms with van der Waals surface area (Å²) < 4.78 is 0. The normalized spacial score (nSPS) is 21.9. The number of phenols is 18. The lowest BCUT2D eigenvalue weighted by Gasteiger charge is -2.36. The van der Waals surface area contributed by atoms with Gasteiger partial charge in [-0.25, -0.2) is 0 Å². The molecule has 12 atom stereocenters. The molecule has 0 aliphatic heterocycles. The van der Waals surface area contributed by atoms with Gasteiger partial charge in [0.25, 0.3) is 0 Å². The van der Waals surface area contributed by atoms with Crippen LogP contribution in [0.1, 0.15) is 182 Å². The van der Waals surface area contributed by atoms with Crippen LogP contribution in [-0.2, 0) is 0 Å². The molecule has 17 rings (SSSR count). The largest absolute Gasteiger partial charge is 0.508 e. The summed E-state index contributed by atoms with van der Waals surface area (Å²) in [7, 11) is 0. The molecular formula is C84H64O18. The van der Waals surface area contributed by atoms with Gasteiger partial charge in [0.2, 0.25) is 0 Å². The standard InChI is InChI=1S/C84H64O18/c85-42-11-1-35(2-12-42)64-53-28-47(90)21-22-52(53)73-72-55(30-51(94)32-59(72)98)74(64)79-62(101)33-61(100)78-70(66(82(73)84(78)79)37-5-15-44(87)16-6-37)41-25-56(95)76(57(96)26-41)68(39-9-19-46(89)20-10-39)75-54-29-50(93)31-58(97)71(54)67(38-7-17-45(88)18-8-38)81-65(36-3-13-43(86)14-4-36)69(40-23-48(91)27-49(92)24-40)77-60(99)34-63(102)80(75)83(77)81/h1-34,64-70,73-75,81-82,85-102H/t64-,65-,66+,67+,68+,69-,70+,73-,74-,75+,81+,82-/m1/s1. The fourth-order valence-corrected chi connectivity index (χ4v) is 19.0. The van der Waals surface area contributed by atoms with Gasteiger partial charge in [0.1, 0.15) is 103 Å². The first kappa shape index (κ1) is 62.6. The molecule has 2 bridgehead atoms. The quantitative estimate of drug-likeness (QED) is 0.0638. The molecule has 0 heterocycles. The average Bonchev–Trinajstić information content (AvgIpc) is 1.53. The van der Waals surface area contributed by atoms with Crippen molar-refractivity contribution < 1.29 is 91.9 Å². The Hall–Kier alpha value is -13.0. The van der Waals surface area contributed by atoms with Crippen molar-refractivity contribution in [3.05, 3.63) is 318 Å². The van der Waals surface area contributed by atoms with E-state index in [1.165, 1.54) is 115 Å². The van der Waals surface area contributed by atoms with Crippen molar-refractivity contribution >= 4 is 0 Å². The van der Waals surface area contributed by atoms with Gasteiger partial charge in [-0.3, -0.25) is 0 Å². The number of fused-ring (bicyclic) bond motifs is 5. The van der Waals surface area contributed by atoms with E-state index in [4.69, 9.17) is 0 Å². The summed E-state index contributed by atoms with van der Waals surface area (Å²) in [6.07, 6.45) is 0. The van der Waals surface area contributed by atoms with Gasteiger partial charge in [0.15, 0.2) is 0 Å². The van der Waals surface area contributed by atoms with E-state index < -0.39 is 111 Å². The summed E-state index contributed by atoms with van der Waals surface area (Å²) >= 11 is 0. The van der Waals surface area contributed by atoms with Crippen LogP contribution in [0.5, 0.6) is 103 Å². The van der Waals surface area contributed by atoms with Crippen LogP contribution in [0.25, 0.3) is 0 Å². The Morgan fingerprint density at radius 1 is 0.186 bits per heavy atom. The summed E-state index contributed by atoms with van der Waals surface area (Å²) in [6, 6.07) is 50.5. The Kier molecular flexibility index (Phi) is 14.0. The van der Waals surface area contributed by atoms with Gasteiger partial charge < -0.3 is 91.9 Å². The number of benzene rings is 12. The third kappa shape index (κ3) is 9.38. The summed E-state index contributed by atoms with van der Waals surface area (Å²) in [5.74, 6) is -18.6. The molecule has 12 aromatic rings. The second-order valence-electron chi connectivity index (χ2n) is 27.7. The third-order valence-electron chi connectivity index (χ3n) is 22.4. The van der Waals surface area contributed by atoms with Crippen LogP contribution in [0.15, 0.2) is 206 Å². The zero-order valence-corrected chi connectivity index (χ0v) is 53.6. The van der Waals surface area contributed by atoms with E-state index in [9.17, 15) is 91.9 Å². The SMILES string of the molecule is Oc1ccc([C@@H]2c3cc(O)ccc3[C@@H]3c4c(O)cc(O)cc4[C@H]2c2c(O)cc(O)c4c2[C@@H]3[C@@H](c2ccc(O)cc2)[C@@H]4c2cc(O)c([C@@H](c3ccc(O)cc3)[C@@H]3c4cc(O)cc(O)c4[C@H](c4ccc(O)cc4)[C@H]4c5c3c(O)cc(O)c5[C@H](c3cc(O)cc(O)c3)[C@H]4c3ccc(O)cc3)c(O)c2)cc1. The summed E-state index contributed by atoms with van der Waals surface area (Å²) in [5.41, 5.74) is 6.35. The van der Waals surface area contributed by atoms with E-state index >= 15 is 0 Å². The summed E-state index contributed by atoms with van der Waals surface area (Å²) in [6.45, 7) is 0. The molecule has 18 heteroatoms. The number of aromatic hydroxyl groups is 18. The van der Waals surface area contributed by atoms with E-state index in [1.54, 1.807) is 72.8 Å². The topological polar surface area (TPSA) is 364 Å². The first-order valence-corrected chi connectivity index (χ1v) is 33.2. The molecule has 0 radical (unpaired) electrons. The molecule has 0 saturated carbocycles. The van der Waals surface area contributed by atoms with Crippen LogP contribution in [0, 0.1) is 0 Å². The number of rotatable bonds is 9. The van der Waals surface area contributed by atoms with Crippen LogP contribution in [0.3, 0.4) is 0 Å². The summed E-state index contributed by atoms with van der Waals surface area (Å²) in [4.78, 5) is 0. The van der Waals surface area contributed by atoms with E-state index in [0.29, 0.717) is 55.6 Å². The molecule has 12 aromatic carbocycles. The van der Waals surface area contributed by atoms with Crippen molar-refractivity contribution in [3.8, 4) is 103 Å². The van der Waals surface area contributed by atoms with Crippen LogP contribution >= 0.6 is 0 Å². The Labute approximate surface area is 581 Å². The molecule has 0 fully saturated rings. The zero-order valence-electron chi connectivity index (χ0n) is 53.6. The summed E-state index contributed by atoms with van der Waals surface area (Å²) in [5, 5.41) is 217. The Morgan fingerprint density at radius 3 is 1.04 bits per heavy atom. The first-order valence-electron chi connectivity index (χ1n) is 33.2. The van der Waals surface area contributed by atoms with E-state index in [-0.39, 0.29) is 119 Å². The van der Waals surface area contributed by atoms with Crippen LogP contribution in [-0.4, -0.2) is 91.9 Å². The molecule has 5 aliphatic rings. The molecular weight excluding hydrogens is 1300 g/mol. The van der Waals surface area contributed by atoms with E-state index in [1.807, 2.05) is 0 Å². The Morgan fingerprint density at radius 2 is 0.539 bits per heavy atom. The highest BCUT2D eigenvalue weighted by Crippen LogP contribution is 2.74. The maximum Gasteiger partial charge on any atom is 0.123 e. The average molecular weight is 1360 g/mol. The van der Waals surface area contributed by atoms with Crippen LogP contribution in [0.2, 0.25) is 0 Å². The fourth-order valence-electron chi connectivity index (χ4n) is 19.0. The molecule has 0 spiro atoms. The maximum atomic E-state index is 13.7. The highest BCUT2D eigenvalue weighted by atomic mass is 16.3. The van der Waals surface area contributed by atoms with Crippen molar-refractivity contribution in [2.24, 2.45) is 0 Å².